The van der Waals surface area contributed by atoms with E-state index in [4.69, 9.17) is 12.2 Å². The zero-order chi connectivity index (χ0) is 8.15. The number of nitrogens with one attached hydrogen (secondary N) is 1. The molecule has 0 aliphatic rings. The minimum atomic E-state index is 0.476. The first-order valence-electron chi connectivity index (χ1n) is 3.88. The molecule has 0 amide bonds. The van der Waals surface area contributed by atoms with Crippen LogP contribution in [0.4, 0.5) is 0 Å². The highest BCUT2D eigenvalue weighted by atomic mass is 32.1. The Balaban J connectivity index is 3.57. The van der Waals surface area contributed by atoms with Crippen LogP contribution in [0.15, 0.2) is 0 Å². The minimum Gasteiger partial charge on any atom is -0.377 e. The summed E-state index contributed by atoms with van der Waals surface area (Å²) in [7, 11) is 0. The van der Waals surface area contributed by atoms with Crippen molar-refractivity contribution in [3.63, 3.8) is 0 Å². The molecule has 10 heavy (non-hydrogen) atoms. The maximum Gasteiger partial charge on any atom is 0.0781 e. The second-order valence-electron chi connectivity index (χ2n) is 2.97. The largest absolute Gasteiger partial charge is 0.377 e. The van der Waals surface area contributed by atoms with E-state index in [0.29, 0.717) is 12.0 Å². The van der Waals surface area contributed by atoms with E-state index in [2.05, 4.69) is 33.0 Å². The van der Waals surface area contributed by atoms with Crippen molar-refractivity contribution in [2.24, 2.45) is 5.92 Å². The summed E-state index contributed by atoms with van der Waals surface area (Å²) in [6.45, 7) is 8.52. The monoisotopic (exact) mass is 159 g/mol. The fraction of sp³-hybridized carbons (Fsp3) is 0.875. The summed E-state index contributed by atoms with van der Waals surface area (Å²) >= 11 is 5.11. The molecule has 1 atom stereocenters. The van der Waals surface area contributed by atoms with Gasteiger partial charge in [-0.1, -0.05) is 33.0 Å². The maximum atomic E-state index is 5.11. The predicted octanol–water partition coefficient (Wildman–Crippen LogP) is 2.36. The Hall–Kier alpha value is -0.110. The Morgan fingerprint density at radius 3 is 2.20 bits per heavy atom. The molecule has 0 aromatic heterocycles. The minimum absolute atomic E-state index is 0.476. The van der Waals surface area contributed by atoms with Crippen LogP contribution in [-0.2, 0) is 0 Å². The third-order valence-electron chi connectivity index (χ3n) is 1.53. The summed E-state index contributed by atoms with van der Waals surface area (Å²) in [5.74, 6) is 0.476. The van der Waals surface area contributed by atoms with Crippen molar-refractivity contribution in [3.8, 4) is 0 Å². The summed E-state index contributed by atoms with van der Waals surface area (Å²) < 4.78 is 0. The first kappa shape index (κ1) is 9.89. The highest BCUT2D eigenvalue weighted by Crippen LogP contribution is 1.96. The fourth-order valence-corrected chi connectivity index (χ4v) is 0.713. The third kappa shape index (κ3) is 3.83. The van der Waals surface area contributed by atoms with E-state index in [1.54, 1.807) is 0 Å². The van der Waals surface area contributed by atoms with Crippen LogP contribution in [0.3, 0.4) is 0 Å². The van der Waals surface area contributed by atoms with E-state index >= 15 is 0 Å². The molecule has 0 saturated carbocycles. The molecule has 2 heteroatoms. The number of hydrogen-bond donors (Lipinski definition) is 1. The molecule has 0 saturated heterocycles. The number of thiocarbonyl (C=S) groups is 1. The van der Waals surface area contributed by atoms with Crippen LogP contribution in [0.5, 0.6) is 0 Å². The van der Waals surface area contributed by atoms with Crippen molar-refractivity contribution in [1.29, 1.82) is 0 Å². The lowest BCUT2D eigenvalue weighted by Crippen LogP contribution is -2.33. The Morgan fingerprint density at radius 1 is 1.40 bits per heavy atom. The van der Waals surface area contributed by atoms with Crippen molar-refractivity contribution >= 4 is 17.2 Å². The van der Waals surface area contributed by atoms with Crippen molar-refractivity contribution in [3.05, 3.63) is 0 Å². The van der Waals surface area contributed by atoms with Crippen LogP contribution in [0.25, 0.3) is 0 Å². The maximum absolute atomic E-state index is 5.11. The molecule has 0 aromatic rings. The quantitative estimate of drug-likeness (QED) is 0.634. The lowest BCUT2D eigenvalue weighted by molar-refractivity contribution is 0.627. The van der Waals surface area contributed by atoms with Gasteiger partial charge in [-0.15, -0.1) is 0 Å². The van der Waals surface area contributed by atoms with Gasteiger partial charge in [0, 0.05) is 12.0 Å². The Bertz CT molecular complexity index is 110. The summed E-state index contributed by atoms with van der Waals surface area (Å²) in [5, 5.41) is 3.26. The van der Waals surface area contributed by atoms with E-state index < -0.39 is 0 Å². The average molecular weight is 159 g/mol. The van der Waals surface area contributed by atoms with Crippen LogP contribution in [0.2, 0.25) is 0 Å². The summed E-state index contributed by atoms with van der Waals surface area (Å²) in [6.07, 6.45) is 1.13. The molecular weight excluding hydrogens is 142 g/mol. The zero-order valence-corrected chi connectivity index (χ0v) is 8.09. The van der Waals surface area contributed by atoms with Gasteiger partial charge in [-0.05, 0) is 13.3 Å². The SMILES string of the molecule is CCC(C)NC(=S)C(C)C. The standard InChI is InChI=1S/C8H17NS/c1-5-7(4)9-8(10)6(2)3/h6-7H,5H2,1-4H3,(H,9,10). The van der Waals surface area contributed by atoms with E-state index in [9.17, 15) is 0 Å². The van der Waals surface area contributed by atoms with Gasteiger partial charge in [0.2, 0.25) is 0 Å². The van der Waals surface area contributed by atoms with Gasteiger partial charge in [0.15, 0.2) is 0 Å². The highest BCUT2D eigenvalue weighted by Gasteiger charge is 2.04. The molecular formula is C8H17NS. The summed E-state index contributed by atoms with van der Waals surface area (Å²) in [5.41, 5.74) is 0. The van der Waals surface area contributed by atoms with Crippen LogP contribution < -0.4 is 5.32 Å². The van der Waals surface area contributed by atoms with Gasteiger partial charge in [0.25, 0.3) is 0 Å². The molecule has 0 aliphatic carbocycles. The molecule has 0 radical (unpaired) electrons. The molecule has 0 aliphatic heterocycles. The fourth-order valence-electron chi connectivity index (χ4n) is 0.512. The van der Waals surface area contributed by atoms with Gasteiger partial charge >= 0.3 is 0 Å². The highest BCUT2D eigenvalue weighted by molar-refractivity contribution is 7.80. The van der Waals surface area contributed by atoms with Crippen molar-refractivity contribution in [2.45, 2.75) is 40.2 Å². The lowest BCUT2D eigenvalue weighted by Gasteiger charge is -2.15. The smallest absolute Gasteiger partial charge is 0.0781 e. The predicted molar refractivity (Wildman–Crippen MR) is 50.3 cm³/mol. The first-order valence-corrected chi connectivity index (χ1v) is 4.29. The lowest BCUT2D eigenvalue weighted by atomic mass is 10.2. The van der Waals surface area contributed by atoms with Crippen molar-refractivity contribution in [2.75, 3.05) is 0 Å². The average Bonchev–Trinajstić information content (AvgIpc) is 1.87. The van der Waals surface area contributed by atoms with Gasteiger partial charge in [0.05, 0.1) is 4.99 Å². The molecule has 0 rings (SSSR count). The van der Waals surface area contributed by atoms with E-state index in [-0.39, 0.29) is 0 Å². The van der Waals surface area contributed by atoms with Crippen LogP contribution in [0.1, 0.15) is 34.1 Å². The molecule has 0 bridgehead atoms. The van der Waals surface area contributed by atoms with Gasteiger partial charge in [-0.3, -0.25) is 0 Å². The molecule has 0 aromatic carbocycles. The third-order valence-corrected chi connectivity index (χ3v) is 2.11. The Morgan fingerprint density at radius 2 is 1.90 bits per heavy atom. The van der Waals surface area contributed by atoms with Crippen LogP contribution in [0, 0.1) is 5.92 Å². The second kappa shape index (κ2) is 4.67. The van der Waals surface area contributed by atoms with Crippen LogP contribution >= 0.6 is 12.2 Å². The number of rotatable bonds is 3. The topological polar surface area (TPSA) is 12.0 Å². The van der Waals surface area contributed by atoms with Gasteiger partial charge in [0.1, 0.15) is 0 Å². The van der Waals surface area contributed by atoms with E-state index in [0.717, 1.165) is 11.4 Å². The molecule has 1 unspecified atom stereocenters. The Labute approximate surface area is 69.2 Å². The zero-order valence-electron chi connectivity index (χ0n) is 7.27. The Kier molecular flexibility index (Phi) is 4.62. The molecule has 1 N–H and O–H groups in total. The second-order valence-corrected chi connectivity index (χ2v) is 3.41. The molecule has 0 spiro atoms. The normalized spacial score (nSPS) is 13.3. The van der Waals surface area contributed by atoms with Crippen LogP contribution in [-0.4, -0.2) is 11.0 Å². The van der Waals surface area contributed by atoms with Gasteiger partial charge < -0.3 is 5.32 Å². The van der Waals surface area contributed by atoms with E-state index in [1.807, 2.05) is 0 Å². The van der Waals surface area contributed by atoms with Crippen molar-refractivity contribution < 1.29 is 0 Å². The van der Waals surface area contributed by atoms with Gasteiger partial charge in [-0.25, -0.2) is 0 Å². The van der Waals surface area contributed by atoms with Gasteiger partial charge in [-0.2, -0.15) is 0 Å². The van der Waals surface area contributed by atoms with Crippen molar-refractivity contribution in [1.82, 2.24) is 5.32 Å². The summed E-state index contributed by atoms with van der Waals surface area (Å²) in [6, 6.07) is 0.523. The molecule has 0 heterocycles. The summed E-state index contributed by atoms with van der Waals surface area (Å²) in [4.78, 5) is 0.981. The molecule has 1 nitrogen and oxygen atoms in total. The van der Waals surface area contributed by atoms with E-state index in [1.165, 1.54) is 0 Å². The first-order chi connectivity index (χ1) is 4.57. The molecule has 0 fully saturated rings. The number of hydrogen-bond acceptors (Lipinski definition) is 1. The molecule has 60 valence electrons.